The van der Waals surface area contributed by atoms with Gasteiger partial charge < -0.3 is 0 Å². The van der Waals surface area contributed by atoms with Crippen LogP contribution in [0.15, 0.2) is 17.0 Å². The molecule has 0 atom stereocenters. The van der Waals surface area contributed by atoms with Gasteiger partial charge in [0.25, 0.3) is 9.05 Å². The van der Waals surface area contributed by atoms with Gasteiger partial charge in [0, 0.05) is 10.7 Å². The van der Waals surface area contributed by atoms with Crippen molar-refractivity contribution in [1.82, 2.24) is 0 Å². The minimum atomic E-state index is -3.63. The first-order valence-corrected chi connectivity index (χ1v) is 7.10. The molecule has 15 heavy (non-hydrogen) atoms. The maximum atomic E-state index is 11.3. The topological polar surface area (TPSA) is 34.1 Å². The molecule has 0 unspecified atom stereocenters. The van der Waals surface area contributed by atoms with E-state index in [2.05, 4.69) is 13.8 Å². The first-order valence-electron chi connectivity index (χ1n) is 4.79. The molecule has 0 bridgehead atoms. The van der Waals surface area contributed by atoms with Gasteiger partial charge in [-0.25, -0.2) is 8.42 Å². The van der Waals surface area contributed by atoms with Crippen molar-refractivity contribution in [2.45, 2.75) is 38.5 Å². The second-order valence-corrected chi connectivity index (χ2v) is 6.58. The highest BCUT2D eigenvalue weighted by atomic mass is 35.7. The van der Waals surface area contributed by atoms with Crippen molar-refractivity contribution in [3.8, 4) is 0 Å². The van der Waals surface area contributed by atoms with E-state index in [1.165, 1.54) is 0 Å². The second kappa shape index (κ2) is 4.14. The van der Waals surface area contributed by atoms with E-state index in [0.29, 0.717) is 17.0 Å². The highest BCUT2D eigenvalue weighted by molar-refractivity contribution is 8.13. The summed E-state index contributed by atoms with van der Waals surface area (Å²) in [6.45, 7) is 7.69. The third-order valence-corrected chi connectivity index (χ3v) is 3.99. The lowest BCUT2D eigenvalue weighted by Crippen LogP contribution is -2.01. The highest BCUT2D eigenvalue weighted by Crippen LogP contribution is 2.27. The van der Waals surface area contributed by atoms with E-state index in [4.69, 9.17) is 10.7 Å². The summed E-state index contributed by atoms with van der Waals surface area (Å²) in [4.78, 5) is 0.244. The average Bonchev–Trinajstić information content (AvgIpc) is 1.99. The maximum absolute atomic E-state index is 11.3. The monoisotopic (exact) mass is 246 g/mol. The van der Waals surface area contributed by atoms with Gasteiger partial charge in [0.2, 0.25) is 0 Å². The van der Waals surface area contributed by atoms with Gasteiger partial charge in [-0.05, 0) is 36.5 Å². The summed E-state index contributed by atoms with van der Waals surface area (Å²) in [5.41, 5.74) is 2.57. The van der Waals surface area contributed by atoms with Crippen molar-refractivity contribution in [3.63, 3.8) is 0 Å². The fourth-order valence-electron chi connectivity index (χ4n) is 1.70. The van der Waals surface area contributed by atoms with Gasteiger partial charge in [-0.1, -0.05) is 26.0 Å². The molecule has 0 amide bonds. The van der Waals surface area contributed by atoms with Crippen LogP contribution in [0.25, 0.3) is 0 Å². The molecule has 0 N–H and O–H groups in total. The number of hydrogen-bond acceptors (Lipinski definition) is 2. The molecular formula is C11H15ClO2S. The van der Waals surface area contributed by atoms with Crippen LogP contribution in [0, 0.1) is 13.8 Å². The molecule has 0 radical (unpaired) electrons. The molecule has 0 saturated heterocycles. The predicted molar refractivity (Wildman–Crippen MR) is 63.0 cm³/mol. The van der Waals surface area contributed by atoms with Crippen molar-refractivity contribution < 1.29 is 8.42 Å². The zero-order valence-electron chi connectivity index (χ0n) is 9.33. The van der Waals surface area contributed by atoms with E-state index >= 15 is 0 Å². The summed E-state index contributed by atoms with van der Waals surface area (Å²) in [5, 5.41) is 0. The lowest BCUT2D eigenvalue weighted by atomic mass is 9.99. The van der Waals surface area contributed by atoms with E-state index in [-0.39, 0.29) is 4.90 Å². The van der Waals surface area contributed by atoms with Crippen LogP contribution < -0.4 is 0 Å². The second-order valence-electron chi connectivity index (χ2n) is 4.08. The van der Waals surface area contributed by atoms with Crippen LogP contribution in [0.5, 0.6) is 0 Å². The summed E-state index contributed by atoms with van der Waals surface area (Å²) in [6.07, 6.45) is 0. The zero-order valence-corrected chi connectivity index (χ0v) is 10.9. The van der Waals surface area contributed by atoms with Gasteiger partial charge in [-0.3, -0.25) is 0 Å². The quantitative estimate of drug-likeness (QED) is 0.750. The van der Waals surface area contributed by atoms with Crippen LogP contribution >= 0.6 is 10.7 Å². The Hall–Kier alpha value is -0.540. The van der Waals surface area contributed by atoms with E-state index in [0.717, 1.165) is 5.56 Å². The lowest BCUT2D eigenvalue weighted by molar-refractivity contribution is 0.608. The predicted octanol–water partition coefficient (Wildman–Crippen LogP) is 3.35. The van der Waals surface area contributed by atoms with E-state index < -0.39 is 9.05 Å². The molecule has 0 aliphatic carbocycles. The van der Waals surface area contributed by atoms with Crippen molar-refractivity contribution >= 4 is 19.7 Å². The lowest BCUT2D eigenvalue weighted by Gasteiger charge is -2.12. The molecule has 0 aliphatic rings. The molecule has 2 nitrogen and oxygen atoms in total. The van der Waals surface area contributed by atoms with E-state index in [1.54, 1.807) is 13.8 Å². The van der Waals surface area contributed by atoms with Gasteiger partial charge >= 0.3 is 0 Å². The Morgan fingerprint density at radius 1 is 1.13 bits per heavy atom. The van der Waals surface area contributed by atoms with Crippen molar-refractivity contribution in [2.24, 2.45) is 0 Å². The molecule has 0 fully saturated rings. The third kappa shape index (κ3) is 2.73. The molecule has 1 rings (SSSR count). The molecule has 0 aromatic heterocycles. The van der Waals surface area contributed by atoms with Gasteiger partial charge in [0.1, 0.15) is 0 Å². The molecule has 1 aromatic carbocycles. The number of halogens is 1. The minimum Gasteiger partial charge on any atom is -0.207 e. The average molecular weight is 247 g/mol. The fraction of sp³-hybridized carbons (Fsp3) is 0.455. The standard InChI is InChI=1S/C11H15ClO2S/c1-7(2)10-5-8(3)11(9(4)6-10)15(12,13)14/h5-7H,1-4H3. The fourth-order valence-corrected chi connectivity index (χ4v) is 3.32. The van der Waals surface area contributed by atoms with Gasteiger partial charge in [-0.2, -0.15) is 0 Å². The van der Waals surface area contributed by atoms with E-state index in [1.807, 2.05) is 12.1 Å². The van der Waals surface area contributed by atoms with Crippen molar-refractivity contribution in [2.75, 3.05) is 0 Å². The van der Waals surface area contributed by atoms with E-state index in [9.17, 15) is 8.42 Å². The molecule has 84 valence electrons. The highest BCUT2D eigenvalue weighted by Gasteiger charge is 2.17. The summed E-state index contributed by atoms with van der Waals surface area (Å²) in [5.74, 6) is 0.384. The summed E-state index contributed by atoms with van der Waals surface area (Å²) in [7, 11) is 1.74. The summed E-state index contributed by atoms with van der Waals surface area (Å²) in [6, 6.07) is 3.76. The van der Waals surface area contributed by atoms with Crippen LogP contribution in [-0.4, -0.2) is 8.42 Å². The van der Waals surface area contributed by atoms with Crippen LogP contribution in [0.4, 0.5) is 0 Å². The summed E-state index contributed by atoms with van der Waals surface area (Å²) >= 11 is 0. The Balaban J connectivity index is 3.48. The maximum Gasteiger partial charge on any atom is 0.261 e. The Morgan fingerprint density at radius 2 is 1.53 bits per heavy atom. The normalized spacial score (nSPS) is 12.1. The van der Waals surface area contributed by atoms with Crippen molar-refractivity contribution in [1.29, 1.82) is 0 Å². The molecule has 1 aromatic rings. The molecule has 0 saturated carbocycles. The first kappa shape index (κ1) is 12.5. The smallest absolute Gasteiger partial charge is 0.207 e. The number of aryl methyl sites for hydroxylation is 2. The summed E-state index contributed by atoms with van der Waals surface area (Å²) < 4.78 is 22.6. The minimum absolute atomic E-state index is 0.244. The molecular weight excluding hydrogens is 232 g/mol. The van der Waals surface area contributed by atoms with Crippen molar-refractivity contribution in [3.05, 3.63) is 28.8 Å². The largest absolute Gasteiger partial charge is 0.261 e. The van der Waals surface area contributed by atoms with Gasteiger partial charge in [0.05, 0.1) is 4.90 Å². The number of hydrogen-bond donors (Lipinski definition) is 0. The first-order chi connectivity index (χ1) is 6.73. The Kier molecular flexibility index (Phi) is 3.46. The third-order valence-electron chi connectivity index (χ3n) is 2.39. The van der Waals surface area contributed by atoms with Crippen LogP contribution in [-0.2, 0) is 9.05 Å². The Morgan fingerprint density at radius 3 is 1.80 bits per heavy atom. The molecule has 0 spiro atoms. The molecule has 4 heteroatoms. The SMILES string of the molecule is Cc1cc(C(C)C)cc(C)c1S(=O)(=O)Cl. The van der Waals surface area contributed by atoms with Crippen LogP contribution in [0.2, 0.25) is 0 Å². The van der Waals surface area contributed by atoms with Crippen LogP contribution in [0.1, 0.15) is 36.5 Å². The Labute approximate surface area is 95.7 Å². The zero-order chi connectivity index (χ0) is 11.8. The molecule has 0 heterocycles. The number of benzene rings is 1. The van der Waals surface area contributed by atoms with Crippen LogP contribution in [0.3, 0.4) is 0 Å². The Bertz CT molecular complexity index is 452. The van der Waals surface area contributed by atoms with Gasteiger partial charge in [0.15, 0.2) is 0 Å². The molecule has 0 aliphatic heterocycles. The number of rotatable bonds is 2. The van der Waals surface area contributed by atoms with Gasteiger partial charge in [-0.15, -0.1) is 0 Å².